The number of benzene rings is 1. The minimum atomic E-state index is -3.71. The molecule has 9 nitrogen and oxygen atoms in total. The molecule has 2 aromatic rings. The van der Waals surface area contributed by atoms with Crippen LogP contribution < -0.4 is 4.90 Å². The molecule has 0 amide bonds. The third-order valence-corrected chi connectivity index (χ3v) is 5.32. The number of aromatic nitrogens is 2. The van der Waals surface area contributed by atoms with Gasteiger partial charge in [-0.2, -0.15) is 5.10 Å². The number of nitro groups is 1. The summed E-state index contributed by atoms with van der Waals surface area (Å²) in [6.07, 6.45) is 4.42. The molecule has 1 aromatic carbocycles. The minimum absolute atomic E-state index is 0.204. The van der Waals surface area contributed by atoms with Crippen LogP contribution in [0.4, 0.5) is 11.4 Å². The number of aryl methyl sites for hydroxylation is 1. The third-order valence-electron chi connectivity index (χ3n) is 4.19. The van der Waals surface area contributed by atoms with Gasteiger partial charge in [-0.15, -0.1) is 0 Å². The number of anilines is 1. The first-order valence-electron chi connectivity index (χ1n) is 8.09. The SMILES string of the molecule is Cc1cnn(CC2CN(c3cccc(S(C)(=O)=O)c3[N+](=O)[O-])CCO2)c1. The molecule has 0 N–H and O–H groups in total. The molecule has 1 aliphatic rings. The van der Waals surface area contributed by atoms with Crippen molar-refractivity contribution in [3.8, 4) is 0 Å². The molecule has 1 aromatic heterocycles. The number of ether oxygens (including phenoxy) is 1. The first-order valence-corrected chi connectivity index (χ1v) is 9.98. The molecular formula is C16H20N4O5S. The Bertz CT molecular complexity index is 924. The van der Waals surface area contributed by atoms with Gasteiger partial charge >= 0.3 is 5.69 Å². The van der Waals surface area contributed by atoms with Crippen molar-refractivity contribution in [3.63, 3.8) is 0 Å². The summed E-state index contributed by atoms with van der Waals surface area (Å²) >= 11 is 0. The summed E-state index contributed by atoms with van der Waals surface area (Å²) in [6.45, 7) is 3.71. The summed E-state index contributed by atoms with van der Waals surface area (Å²) in [6, 6.07) is 4.37. The highest BCUT2D eigenvalue weighted by atomic mass is 32.2. The number of rotatable bonds is 5. The highest BCUT2D eigenvalue weighted by molar-refractivity contribution is 7.90. The van der Waals surface area contributed by atoms with Crippen molar-refractivity contribution in [2.45, 2.75) is 24.5 Å². The Labute approximate surface area is 151 Å². The largest absolute Gasteiger partial charge is 0.373 e. The Kier molecular flexibility index (Phi) is 4.97. The smallest absolute Gasteiger partial charge is 0.311 e. The van der Waals surface area contributed by atoms with E-state index in [0.717, 1.165) is 11.8 Å². The van der Waals surface area contributed by atoms with Crippen LogP contribution in [0.1, 0.15) is 5.56 Å². The van der Waals surface area contributed by atoms with E-state index >= 15 is 0 Å². The van der Waals surface area contributed by atoms with Crippen molar-refractivity contribution in [2.75, 3.05) is 30.9 Å². The highest BCUT2D eigenvalue weighted by Gasteiger charge is 2.31. The van der Waals surface area contributed by atoms with Gasteiger partial charge in [0.05, 0.1) is 30.4 Å². The lowest BCUT2D eigenvalue weighted by Gasteiger charge is -2.34. The molecular weight excluding hydrogens is 360 g/mol. The summed E-state index contributed by atoms with van der Waals surface area (Å²) in [5.74, 6) is 0. The van der Waals surface area contributed by atoms with E-state index in [1.807, 2.05) is 13.1 Å². The van der Waals surface area contributed by atoms with Crippen LogP contribution in [-0.2, 0) is 21.1 Å². The number of nitro benzene ring substituents is 1. The molecule has 0 saturated carbocycles. The van der Waals surface area contributed by atoms with Crippen molar-refractivity contribution in [1.29, 1.82) is 0 Å². The average Bonchev–Trinajstić information content (AvgIpc) is 2.98. The molecule has 0 bridgehead atoms. The molecule has 0 radical (unpaired) electrons. The lowest BCUT2D eigenvalue weighted by molar-refractivity contribution is -0.387. The molecule has 140 valence electrons. The zero-order valence-electron chi connectivity index (χ0n) is 14.5. The van der Waals surface area contributed by atoms with E-state index in [1.165, 1.54) is 12.1 Å². The molecule has 3 rings (SSSR count). The molecule has 1 unspecified atom stereocenters. The predicted octanol–water partition coefficient (Wildman–Crippen LogP) is 1.41. The fourth-order valence-corrected chi connectivity index (χ4v) is 3.93. The lowest BCUT2D eigenvalue weighted by Crippen LogP contribution is -2.44. The Morgan fingerprint density at radius 1 is 1.42 bits per heavy atom. The van der Waals surface area contributed by atoms with E-state index in [0.29, 0.717) is 31.9 Å². The summed E-state index contributed by atoms with van der Waals surface area (Å²) in [5, 5.41) is 15.8. The van der Waals surface area contributed by atoms with Crippen molar-refractivity contribution in [3.05, 3.63) is 46.3 Å². The van der Waals surface area contributed by atoms with Gasteiger partial charge in [-0.3, -0.25) is 14.8 Å². The van der Waals surface area contributed by atoms with E-state index in [1.54, 1.807) is 21.8 Å². The minimum Gasteiger partial charge on any atom is -0.373 e. The monoisotopic (exact) mass is 380 g/mol. The fourth-order valence-electron chi connectivity index (χ4n) is 3.07. The second-order valence-electron chi connectivity index (χ2n) is 6.33. The number of hydrogen-bond acceptors (Lipinski definition) is 7. The molecule has 1 saturated heterocycles. The predicted molar refractivity (Wildman–Crippen MR) is 95.1 cm³/mol. The number of nitrogens with zero attached hydrogens (tertiary/aromatic N) is 4. The summed E-state index contributed by atoms with van der Waals surface area (Å²) in [7, 11) is -3.71. The van der Waals surface area contributed by atoms with Crippen LogP contribution >= 0.6 is 0 Å². The van der Waals surface area contributed by atoms with E-state index in [-0.39, 0.29) is 16.7 Å². The molecule has 26 heavy (non-hydrogen) atoms. The van der Waals surface area contributed by atoms with Crippen LogP contribution in [0.2, 0.25) is 0 Å². The van der Waals surface area contributed by atoms with Crippen molar-refractivity contribution in [2.24, 2.45) is 0 Å². The van der Waals surface area contributed by atoms with Crippen LogP contribution in [0.15, 0.2) is 35.5 Å². The Morgan fingerprint density at radius 2 is 2.19 bits per heavy atom. The number of hydrogen-bond donors (Lipinski definition) is 0. The van der Waals surface area contributed by atoms with Crippen LogP contribution in [-0.4, -0.2) is 55.2 Å². The molecule has 1 fully saturated rings. The second-order valence-corrected chi connectivity index (χ2v) is 8.32. The maximum atomic E-state index is 11.9. The molecule has 0 aliphatic carbocycles. The standard InChI is InChI=1S/C16H20N4O5S/c1-12-8-17-19(9-12)11-13-10-18(6-7-25-13)14-4-3-5-15(26(2,23)24)16(14)20(21)22/h3-5,8-9,13H,6-7,10-11H2,1-2H3. The number of sulfone groups is 1. The van der Waals surface area contributed by atoms with Gasteiger partial charge in [0.25, 0.3) is 0 Å². The van der Waals surface area contributed by atoms with E-state index in [4.69, 9.17) is 4.74 Å². The average molecular weight is 380 g/mol. The van der Waals surface area contributed by atoms with Gasteiger partial charge < -0.3 is 9.64 Å². The van der Waals surface area contributed by atoms with E-state index in [9.17, 15) is 18.5 Å². The quantitative estimate of drug-likeness (QED) is 0.570. The third kappa shape index (κ3) is 3.86. The topological polar surface area (TPSA) is 108 Å². The van der Waals surface area contributed by atoms with E-state index < -0.39 is 14.8 Å². The van der Waals surface area contributed by atoms with Crippen molar-refractivity contribution >= 4 is 21.2 Å². The molecule has 10 heteroatoms. The zero-order valence-corrected chi connectivity index (χ0v) is 15.3. The van der Waals surface area contributed by atoms with Gasteiger partial charge in [0.1, 0.15) is 10.6 Å². The van der Waals surface area contributed by atoms with Gasteiger partial charge in [0.15, 0.2) is 9.84 Å². The Balaban J connectivity index is 1.89. The first kappa shape index (κ1) is 18.3. The van der Waals surface area contributed by atoms with Crippen molar-refractivity contribution < 1.29 is 18.1 Å². The van der Waals surface area contributed by atoms with Gasteiger partial charge in [0.2, 0.25) is 0 Å². The molecule has 2 heterocycles. The first-order chi connectivity index (χ1) is 12.3. The number of para-hydroxylation sites is 1. The fraction of sp³-hybridized carbons (Fsp3) is 0.438. The van der Waals surface area contributed by atoms with Gasteiger partial charge in [-0.05, 0) is 24.6 Å². The summed E-state index contributed by atoms with van der Waals surface area (Å²) in [5.41, 5.74) is 0.947. The molecule has 1 atom stereocenters. The lowest BCUT2D eigenvalue weighted by atomic mass is 10.2. The van der Waals surface area contributed by atoms with Crippen LogP contribution in [0, 0.1) is 17.0 Å². The Hall–Kier alpha value is -2.46. The highest BCUT2D eigenvalue weighted by Crippen LogP contribution is 2.35. The van der Waals surface area contributed by atoms with E-state index in [2.05, 4.69) is 5.10 Å². The summed E-state index contributed by atoms with van der Waals surface area (Å²) < 4.78 is 31.4. The maximum Gasteiger partial charge on any atom is 0.311 e. The molecule has 0 spiro atoms. The normalized spacial score (nSPS) is 18.1. The zero-order chi connectivity index (χ0) is 18.9. The van der Waals surface area contributed by atoms with Crippen molar-refractivity contribution in [1.82, 2.24) is 9.78 Å². The second kappa shape index (κ2) is 7.04. The Morgan fingerprint density at radius 3 is 2.81 bits per heavy atom. The van der Waals surface area contributed by atoms with Crippen LogP contribution in [0.25, 0.3) is 0 Å². The van der Waals surface area contributed by atoms with Crippen LogP contribution in [0.3, 0.4) is 0 Å². The molecule has 1 aliphatic heterocycles. The van der Waals surface area contributed by atoms with Gasteiger partial charge in [-0.25, -0.2) is 8.42 Å². The van der Waals surface area contributed by atoms with Crippen LogP contribution in [0.5, 0.6) is 0 Å². The maximum absolute atomic E-state index is 11.9. The van der Waals surface area contributed by atoms with Gasteiger partial charge in [-0.1, -0.05) is 6.07 Å². The summed E-state index contributed by atoms with van der Waals surface area (Å²) in [4.78, 5) is 12.5. The number of morpholine rings is 1. The van der Waals surface area contributed by atoms with Gasteiger partial charge in [0, 0.05) is 25.5 Å².